The number of ether oxygens (including phenoxy) is 1. The zero-order valence-electron chi connectivity index (χ0n) is 10.7. The van der Waals surface area contributed by atoms with Gasteiger partial charge in [0, 0.05) is 0 Å². The van der Waals surface area contributed by atoms with Gasteiger partial charge >= 0.3 is 5.97 Å². The number of nitriles is 1. The molecule has 0 rings (SSSR count). The first-order valence-electron chi connectivity index (χ1n) is 6.19. The molecule has 3 heteroatoms. The van der Waals surface area contributed by atoms with Crippen LogP contribution in [0, 0.1) is 23.2 Å². The maximum atomic E-state index is 11.2. The molecule has 0 aliphatic carbocycles. The average molecular weight is 225 g/mol. The first-order valence-corrected chi connectivity index (χ1v) is 6.19. The van der Waals surface area contributed by atoms with Crippen molar-refractivity contribution >= 4 is 5.97 Å². The van der Waals surface area contributed by atoms with Crippen molar-refractivity contribution < 1.29 is 9.53 Å². The lowest BCUT2D eigenvalue weighted by Gasteiger charge is -2.14. The predicted molar refractivity (Wildman–Crippen MR) is 63.7 cm³/mol. The van der Waals surface area contributed by atoms with Gasteiger partial charge in [0.15, 0.2) is 0 Å². The van der Waals surface area contributed by atoms with Crippen LogP contribution in [-0.4, -0.2) is 12.6 Å². The van der Waals surface area contributed by atoms with Crippen LogP contribution >= 0.6 is 0 Å². The minimum atomic E-state index is -0.253. The van der Waals surface area contributed by atoms with Crippen molar-refractivity contribution in [3.63, 3.8) is 0 Å². The third-order valence-corrected chi connectivity index (χ3v) is 2.64. The summed E-state index contributed by atoms with van der Waals surface area (Å²) in [5.74, 6) is 0.0710. The Morgan fingerprint density at radius 2 is 2.12 bits per heavy atom. The lowest BCUT2D eigenvalue weighted by atomic mass is 9.91. The number of unbranched alkanes of at least 4 members (excludes halogenated alkanes) is 1. The largest absolute Gasteiger partial charge is 0.466 e. The average Bonchev–Trinajstić information content (AvgIpc) is 2.25. The summed E-state index contributed by atoms with van der Waals surface area (Å²) in [5.41, 5.74) is 0. The molecule has 0 heterocycles. The number of esters is 1. The van der Waals surface area contributed by atoms with Crippen LogP contribution in [0.25, 0.3) is 0 Å². The molecule has 16 heavy (non-hydrogen) atoms. The van der Waals surface area contributed by atoms with E-state index >= 15 is 0 Å². The standard InChI is InChI=1S/C13H23NO2/c1-4-6-7-11(3)8-12(10-14)9-13(15)16-5-2/h11-12H,4-9H2,1-3H3. The normalized spacial score (nSPS) is 13.9. The lowest BCUT2D eigenvalue weighted by molar-refractivity contribution is -0.143. The Bertz CT molecular complexity index is 233. The van der Waals surface area contributed by atoms with Gasteiger partial charge in [0.25, 0.3) is 0 Å². The van der Waals surface area contributed by atoms with Gasteiger partial charge in [-0.1, -0.05) is 33.1 Å². The first-order chi connectivity index (χ1) is 7.63. The Labute approximate surface area is 98.8 Å². The monoisotopic (exact) mass is 225 g/mol. The fraction of sp³-hybridized carbons (Fsp3) is 0.846. The molecule has 0 spiro atoms. The van der Waals surface area contributed by atoms with Gasteiger partial charge in [-0.3, -0.25) is 4.79 Å². The minimum absolute atomic E-state index is 0.189. The zero-order chi connectivity index (χ0) is 12.4. The summed E-state index contributed by atoms with van der Waals surface area (Å²) in [6.45, 7) is 6.48. The van der Waals surface area contributed by atoms with Gasteiger partial charge in [0.2, 0.25) is 0 Å². The molecule has 0 aliphatic heterocycles. The van der Waals surface area contributed by atoms with Crippen LogP contribution in [0.3, 0.4) is 0 Å². The minimum Gasteiger partial charge on any atom is -0.466 e. The molecule has 0 bridgehead atoms. The number of nitrogens with zero attached hydrogens (tertiary/aromatic N) is 1. The van der Waals surface area contributed by atoms with Crippen molar-refractivity contribution in [2.75, 3.05) is 6.61 Å². The van der Waals surface area contributed by atoms with E-state index in [0.29, 0.717) is 12.5 Å². The predicted octanol–water partition coefficient (Wildman–Crippen LogP) is 3.30. The zero-order valence-corrected chi connectivity index (χ0v) is 10.7. The Morgan fingerprint density at radius 1 is 1.44 bits per heavy atom. The third-order valence-electron chi connectivity index (χ3n) is 2.64. The Hall–Kier alpha value is -1.04. The fourth-order valence-electron chi connectivity index (χ4n) is 1.76. The van der Waals surface area contributed by atoms with Crippen LogP contribution in [0.4, 0.5) is 0 Å². The van der Waals surface area contributed by atoms with Crippen LogP contribution < -0.4 is 0 Å². The van der Waals surface area contributed by atoms with E-state index in [1.165, 1.54) is 12.8 Å². The summed E-state index contributed by atoms with van der Waals surface area (Å²) in [4.78, 5) is 11.2. The molecular weight excluding hydrogens is 202 g/mol. The maximum absolute atomic E-state index is 11.2. The SMILES string of the molecule is CCCCC(C)CC(C#N)CC(=O)OCC. The summed E-state index contributed by atoms with van der Waals surface area (Å²) in [6.07, 6.45) is 4.55. The highest BCUT2D eigenvalue weighted by molar-refractivity contribution is 5.70. The van der Waals surface area contributed by atoms with Crippen molar-refractivity contribution in [2.24, 2.45) is 11.8 Å². The summed E-state index contributed by atoms with van der Waals surface area (Å²) in [5, 5.41) is 8.96. The summed E-state index contributed by atoms with van der Waals surface area (Å²) >= 11 is 0. The molecule has 0 aliphatic rings. The number of carbonyl (C=O) groups is 1. The molecule has 0 amide bonds. The van der Waals surface area contributed by atoms with E-state index in [2.05, 4.69) is 19.9 Å². The third kappa shape index (κ3) is 7.28. The molecule has 92 valence electrons. The number of carbonyl (C=O) groups excluding carboxylic acids is 1. The Morgan fingerprint density at radius 3 is 2.62 bits per heavy atom. The number of hydrogen-bond donors (Lipinski definition) is 0. The lowest BCUT2D eigenvalue weighted by Crippen LogP contribution is -2.13. The van der Waals surface area contributed by atoms with E-state index in [0.717, 1.165) is 12.8 Å². The number of rotatable bonds is 8. The van der Waals surface area contributed by atoms with Crippen molar-refractivity contribution in [1.82, 2.24) is 0 Å². The van der Waals surface area contributed by atoms with E-state index in [1.54, 1.807) is 6.92 Å². The second-order valence-electron chi connectivity index (χ2n) is 4.32. The summed E-state index contributed by atoms with van der Waals surface area (Å²) in [7, 11) is 0. The second-order valence-corrected chi connectivity index (χ2v) is 4.32. The molecule has 0 aromatic carbocycles. The molecule has 0 saturated carbocycles. The van der Waals surface area contributed by atoms with E-state index in [4.69, 9.17) is 10.00 Å². The Balaban J connectivity index is 3.91. The van der Waals surface area contributed by atoms with E-state index < -0.39 is 0 Å². The number of hydrogen-bond acceptors (Lipinski definition) is 3. The molecule has 0 aromatic rings. The highest BCUT2D eigenvalue weighted by atomic mass is 16.5. The van der Waals surface area contributed by atoms with Crippen molar-refractivity contribution in [2.45, 2.75) is 52.9 Å². The van der Waals surface area contributed by atoms with Gasteiger partial charge in [-0.2, -0.15) is 5.26 Å². The van der Waals surface area contributed by atoms with Gasteiger partial charge in [0.05, 0.1) is 25.0 Å². The van der Waals surface area contributed by atoms with Gasteiger partial charge < -0.3 is 4.74 Å². The molecule has 3 nitrogen and oxygen atoms in total. The van der Waals surface area contributed by atoms with Crippen LogP contribution in [0.2, 0.25) is 0 Å². The van der Waals surface area contributed by atoms with Crippen LogP contribution in [0.1, 0.15) is 52.9 Å². The van der Waals surface area contributed by atoms with Gasteiger partial charge in [-0.15, -0.1) is 0 Å². The van der Waals surface area contributed by atoms with Gasteiger partial charge in [-0.25, -0.2) is 0 Å². The Kier molecular flexibility index (Phi) is 8.61. The smallest absolute Gasteiger partial charge is 0.307 e. The highest BCUT2D eigenvalue weighted by Crippen LogP contribution is 2.20. The van der Waals surface area contributed by atoms with E-state index in [1.807, 2.05) is 0 Å². The van der Waals surface area contributed by atoms with E-state index in [-0.39, 0.29) is 18.3 Å². The maximum Gasteiger partial charge on any atom is 0.307 e. The molecule has 0 radical (unpaired) electrons. The van der Waals surface area contributed by atoms with Crippen LogP contribution in [0.15, 0.2) is 0 Å². The fourth-order valence-corrected chi connectivity index (χ4v) is 1.76. The van der Waals surface area contributed by atoms with Crippen LogP contribution in [0.5, 0.6) is 0 Å². The molecule has 0 N–H and O–H groups in total. The molecular formula is C13H23NO2. The van der Waals surface area contributed by atoms with Crippen molar-refractivity contribution in [3.8, 4) is 6.07 Å². The van der Waals surface area contributed by atoms with Crippen LogP contribution in [-0.2, 0) is 9.53 Å². The summed E-state index contributed by atoms with van der Waals surface area (Å²) in [6, 6.07) is 2.20. The molecule has 2 atom stereocenters. The highest BCUT2D eigenvalue weighted by Gasteiger charge is 2.16. The summed E-state index contributed by atoms with van der Waals surface area (Å²) < 4.78 is 4.85. The first kappa shape index (κ1) is 15.0. The quantitative estimate of drug-likeness (QED) is 0.595. The molecule has 0 fully saturated rings. The second kappa shape index (κ2) is 9.21. The van der Waals surface area contributed by atoms with E-state index in [9.17, 15) is 4.79 Å². The molecule has 0 saturated heterocycles. The van der Waals surface area contributed by atoms with Crippen molar-refractivity contribution in [1.29, 1.82) is 5.26 Å². The topological polar surface area (TPSA) is 50.1 Å². The van der Waals surface area contributed by atoms with Gasteiger partial charge in [-0.05, 0) is 19.3 Å². The molecule has 2 unspecified atom stereocenters. The molecule has 0 aromatic heterocycles. The van der Waals surface area contributed by atoms with Crippen molar-refractivity contribution in [3.05, 3.63) is 0 Å². The van der Waals surface area contributed by atoms with Gasteiger partial charge in [0.1, 0.15) is 0 Å².